The Kier molecular flexibility index (Phi) is 9.76. The van der Waals surface area contributed by atoms with E-state index in [9.17, 15) is 18.3 Å². The lowest BCUT2D eigenvalue weighted by atomic mass is 9.77. The number of aliphatic hydroxyl groups excluding tert-OH is 1. The summed E-state index contributed by atoms with van der Waals surface area (Å²) in [7, 11) is -2.35. The molecule has 1 fully saturated rings. The number of amides is 1. The lowest BCUT2D eigenvalue weighted by Crippen LogP contribution is -2.44. The summed E-state index contributed by atoms with van der Waals surface area (Å²) in [5, 5.41) is 9.47. The van der Waals surface area contributed by atoms with Gasteiger partial charge in [0.2, 0.25) is 16.3 Å². The first-order valence-electron chi connectivity index (χ1n) is 12.2. The molecule has 1 saturated heterocycles. The number of benzene rings is 1. The number of aliphatic hydroxyl groups is 1. The molecule has 0 aliphatic carbocycles. The highest BCUT2D eigenvalue weighted by molar-refractivity contribution is 7.89. The van der Waals surface area contributed by atoms with Gasteiger partial charge in [-0.05, 0) is 41.7 Å². The Balaban J connectivity index is 1.67. The molecule has 0 radical (unpaired) electrons. The number of hydrogen-bond acceptors (Lipinski definition) is 8. The monoisotopic (exact) mass is 526 g/mol. The fraction of sp³-hybridized carbons (Fsp3) is 0.640. The van der Waals surface area contributed by atoms with Gasteiger partial charge in [-0.1, -0.05) is 20.8 Å². The number of rotatable bonds is 10. The Morgan fingerprint density at radius 2 is 1.83 bits per heavy atom. The third-order valence-electron chi connectivity index (χ3n) is 6.37. The highest BCUT2D eigenvalue weighted by Gasteiger charge is 2.36. The van der Waals surface area contributed by atoms with Crippen LogP contribution in [0.5, 0.6) is 5.75 Å². The highest BCUT2D eigenvalue weighted by Crippen LogP contribution is 2.37. The molecular weight excluding hydrogens is 488 g/mol. The minimum Gasteiger partial charge on any atom is -0.497 e. The molecule has 0 saturated carbocycles. The zero-order chi connectivity index (χ0) is 26.3. The van der Waals surface area contributed by atoms with Gasteiger partial charge >= 0.3 is 0 Å². The van der Waals surface area contributed by atoms with Crippen molar-refractivity contribution in [2.24, 2.45) is 11.3 Å². The van der Waals surface area contributed by atoms with E-state index in [-0.39, 0.29) is 54.2 Å². The number of nitrogens with zero attached hydrogens (tertiary/aromatic N) is 2. The number of hydrogen-bond donors (Lipinski definition) is 1. The molecule has 2 aliphatic heterocycles. The number of allylic oxidation sites excluding steroid dienone is 1. The lowest BCUT2D eigenvalue weighted by Gasteiger charge is -2.37. The van der Waals surface area contributed by atoms with E-state index in [0.717, 1.165) is 0 Å². The van der Waals surface area contributed by atoms with Crippen LogP contribution >= 0.6 is 0 Å². The molecule has 3 rings (SSSR count). The van der Waals surface area contributed by atoms with E-state index in [1.54, 1.807) is 17.0 Å². The average molecular weight is 527 g/mol. The molecule has 0 aromatic heterocycles. The Morgan fingerprint density at radius 3 is 2.42 bits per heavy atom. The molecule has 202 valence electrons. The van der Waals surface area contributed by atoms with Gasteiger partial charge < -0.3 is 29.0 Å². The maximum atomic E-state index is 13.1. The molecule has 1 amide bonds. The maximum absolute atomic E-state index is 13.1. The van der Waals surface area contributed by atoms with Crippen molar-refractivity contribution in [2.45, 2.75) is 38.4 Å². The number of sulfonamides is 1. The van der Waals surface area contributed by atoms with Crippen molar-refractivity contribution in [3.05, 3.63) is 36.1 Å². The Bertz CT molecular complexity index is 998. The lowest BCUT2D eigenvalue weighted by molar-refractivity contribution is -0.160. The van der Waals surface area contributed by atoms with Gasteiger partial charge in [0.15, 0.2) is 5.76 Å². The summed E-state index contributed by atoms with van der Waals surface area (Å²) in [6.45, 7) is 7.93. The Hall–Kier alpha value is -2.18. The molecule has 2 aliphatic rings. The number of methoxy groups -OCH3 is 1. The van der Waals surface area contributed by atoms with Crippen LogP contribution in [0.3, 0.4) is 0 Å². The van der Waals surface area contributed by atoms with Crippen LogP contribution in [-0.4, -0.2) is 94.6 Å². The highest BCUT2D eigenvalue weighted by atomic mass is 32.2. The second-order valence-electron chi connectivity index (χ2n) is 9.87. The van der Waals surface area contributed by atoms with E-state index < -0.39 is 16.3 Å². The fourth-order valence-corrected chi connectivity index (χ4v) is 5.50. The molecule has 2 heterocycles. The van der Waals surface area contributed by atoms with Crippen LogP contribution in [0.1, 0.15) is 27.2 Å². The minimum absolute atomic E-state index is 0.0193. The summed E-state index contributed by atoms with van der Waals surface area (Å²) in [5.41, 5.74) is -0.122. The molecule has 1 aromatic carbocycles. The van der Waals surface area contributed by atoms with Gasteiger partial charge in [-0.25, -0.2) is 8.42 Å². The normalized spacial score (nSPS) is 21.2. The van der Waals surface area contributed by atoms with Crippen molar-refractivity contribution in [3.63, 3.8) is 0 Å². The molecule has 1 aromatic rings. The van der Waals surface area contributed by atoms with Crippen molar-refractivity contribution < 1.29 is 37.3 Å². The van der Waals surface area contributed by atoms with E-state index in [1.807, 2.05) is 6.08 Å². The Morgan fingerprint density at radius 1 is 1.17 bits per heavy atom. The van der Waals surface area contributed by atoms with Crippen molar-refractivity contribution in [2.75, 3.05) is 59.7 Å². The molecule has 0 unspecified atom stereocenters. The molecule has 2 atom stereocenters. The van der Waals surface area contributed by atoms with Crippen LogP contribution in [0.15, 0.2) is 41.0 Å². The SMILES string of the molecule is COc1ccc(S(=O)(=O)N(CCO)CCO[C@@H]2C[C@H](C(C)(C)C)C=C(C(=O)N3CCOCC3)O2)cc1. The smallest absolute Gasteiger partial charge is 0.288 e. The van der Waals surface area contributed by atoms with Gasteiger partial charge in [0.1, 0.15) is 5.75 Å². The first-order chi connectivity index (χ1) is 17.1. The van der Waals surface area contributed by atoms with Crippen LogP contribution in [0, 0.1) is 11.3 Å². The molecular formula is C25H38N2O8S. The first-order valence-corrected chi connectivity index (χ1v) is 13.6. The fourth-order valence-electron chi connectivity index (χ4n) is 4.08. The summed E-state index contributed by atoms with van der Waals surface area (Å²) in [6.07, 6.45) is 1.72. The van der Waals surface area contributed by atoms with E-state index >= 15 is 0 Å². The van der Waals surface area contributed by atoms with E-state index in [4.69, 9.17) is 18.9 Å². The number of carbonyl (C=O) groups is 1. The topological polar surface area (TPSA) is 115 Å². The molecule has 11 heteroatoms. The maximum Gasteiger partial charge on any atom is 0.288 e. The van der Waals surface area contributed by atoms with Crippen LogP contribution < -0.4 is 4.74 Å². The zero-order valence-corrected chi connectivity index (χ0v) is 22.3. The molecule has 0 spiro atoms. The van der Waals surface area contributed by atoms with Gasteiger partial charge in [-0.15, -0.1) is 0 Å². The zero-order valence-electron chi connectivity index (χ0n) is 21.5. The second kappa shape index (κ2) is 12.4. The van der Waals surface area contributed by atoms with E-state index in [1.165, 1.54) is 23.5 Å². The predicted octanol–water partition coefficient (Wildman–Crippen LogP) is 1.85. The van der Waals surface area contributed by atoms with Crippen molar-refractivity contribution >= 4 is 15.9 Å². The summed E-state index contributed by atoms with van der Waals surface area (Å²) < 4.78 is 49.8. The standard InChI is InChI=1S/C25H38N2O8S/c1-25(2,3)19-17-22(24(29)26-10-14-33-15-11-26)35-23(18-19)34-16-12-27(9-13-28)36(30,31)21-7-5-20(32-4)6-8-21/h5-8,17,19,23,28H,9-16,18H2,1-4H3/t19-,23+/m1/s1. The third-order valence-corrected chi connectivity index (χ3v) is 8.28. The van der Waals surface area contributed by atoms with Crippen molar-refractivity contribution in [1.82, 2.24) is 9.21 Å². The van der Waals surface area contributed by atoms with Crippen LogP contribution in [0.25, 0.3) is 0 Å². The summed E-state index contributed by atoms with van der Waals surface area (Å²) in [4.78, 5) is 14.9. The average Bonchev–Trinajstić information content (AvgIpc) is 2.87. The van der Waals surface area contributed by atoms with Crippen LogP contribution in [0.4, 0.5) is 0 Å². The van der Waals surface area contributed by atoms with Gasteiger partial charge in [-0.2, -0.15) is 4.31 Å². The van der Waals surface area contributed by atoms with Gasteiger partial charge in [0, 0.05) is 32.6 Å². The van der Waals surface area contributed by atoms with Gasteiger partial charge in [0.05, 0.1) is 38.4 Å². The number of carbonyl (C=O) groups excluding carboxylic acids is 1. The summed E-state index contributed by atoms with van der Waals surface area (Å²) in [6, 6.07) is 6.07. The van der Waals surface area contributed by atoms with Crippen LogP contribution in [-0.2, 0) is 29.0 Å². The Labute approximate surface area is 213 Å². The first kappa shape index (κ1) is 28.4. The number of ether oxygens (including phenoxy) is 4. The molecule has 36 heavy (non-hydrogen) atoms. The van der Waals surface area contributed by atoms with Crippen molar-refractivity contribution in [1.29, 1.82) is 0 Å². The van der Waals surface area contributed by atoms with Crippen LogP contribution in [0.2, 0.25) is 0 Å². The molecule has 1 N–H and O–H groups in total. The minimum atomic E-state index is -3.85. The summed E-state index contributed by atoms with van der Waals surface area (Å²) in [5.74, 6) is 0.646. The molecule has 10 nitrogen and oxygen atoms in total. The number of morpholine rings is 1. The molecule has 0 bridgehead atoms. The van der Waals surface area contributed by atoms with E-state index in [2.05, 4.69) is 20.8 Å². The van der Waals surface area contributed by atoms with Gasteiger partial charge in [0.25, 0.3) is 5.91 Å². The largest absolute Gasteiger partial charge is 0.497 e. The van der Waals surface area contributed by atoms with E-state index in [0.29, 0.717) is 38.5 Å². The second-order valence-corrected chi connectivity index (χ2v) is 11.8. The van der Waals surface area contributed by atoms with Gasteiger partial charge in [-0.3, -0.25) is 4.79 Å². The predicted molar refractivity (Wildman–Crippen MR) is 133 cm³/mol. The third kappa shape index (κ3) is 7.19. The van der Waals surface area contributed by atoms with Crippen molar-refractivity contribution in [3.8, 4) is 5.75 Å². The quantitative estimate of drug-likeness (QED) is 0.491. The summed E-state index contributed by atoms with van der Waals surface area (Å²) >= 11 is 0.